The highest BCUT2D eigenvalue weighted by molar-refractivity contribution is 6.08. The number of nitrogens with zero attached hydrogens (tertiary/aromatic N) is 2. The third-order valence-corrected chi connectivity index (χ3v) is 8.33. The van der Waals surface area contributed by atoms with Crippen LogP contribution in [-0.4, -0.2) is 66.1 Å². The largest absolute Gasteiger partial charge is 0.494 e. The van der Waals surface area contributed by atoms with Crippen molar-refractivity contribution in [3.63, 3.8) is 0 Å². The number of fused-ring (bicyclic) bond motifs is 1. The Bertz CT molecular complexity index is 1340. The van der Waals surface area contributed by atoms with Crippen LogP contribution in [0, 0.1) is 0 Å². The number of hydrogen-bond acceptors (Lipinski definition) is 4. The van der Waals surface area contributed by atoms with E-state index in [0.717, 1.165) is 87.1 Å². The average molecular weight is 541 g/mol. The van der Waals surface area contributed by atoms with Crippen molar-refractivity contribution in [2.24, 2.45) is 0 Å². The lowest BCUT2D eigenvalue weighted by atomic mass is 9.89. The normalized spacial score (nSPS) is 16.8. The van der Waals surface area contributed by atoms with Crippen LogP contribution in [0.15, 0.2) is 72.8 Å². The second-order valence-electron chi connectivity index (χ2n) is 11.2. The number of carboxylic acid groups (broad SMARTS) is 1. The van der Waals surface area contributed by atoms with E-state index in [1.807, 2.05) is 41.3 Å². The molecule has 210 valence electrons. The molecule has 3 aromatic rings. The van der Waals surface area contributed by atoms with E-state index in [4.69, 9.17) is 9.84 Å². The lowest BCUT2D eigenvalue weighted by molar-refractivity contribution is -0.136. The first-order chi connectivity index (χ1) is 19.5. The molecule has 0 bridgehead atoms. The molecule has 6 nitrogen and oxygen atoms in total. The van der Waals surface area contributed by atoms with Crippen LogP contribution in [-0.2, 0) is 11.2 Å². The summed E-state index contributed by atoms with van der Waals surface area (Å²) in [6.07, 6.45) is 5.79. The summed E-state index contributed by atoms with van der Waals surface area (Å²) in [7, 11) is 0. The van der Waals surface area contributed by atoms with Crippen LogP contribution in [0.5, 0.6) is 5.75 Å². The van der Waals surface area contributed by atoms with Gasteiger partial charge < -0.3 is 14.7 Å². The molecule has 1 N–H and O–H groups in total. The van der Waals surface area contributed by atoms with Crippen LogP contribution in [0.4, 0.5) is 0 Å². The number of carbonyl (C=O) groups is 2. The Hall–Kier alpha value is -3.64. The van der Waals surface area contributed by atoms with Gasteiger partial charge in [-0.1, -0.05) is 54.6 Å². The third kappa shape index (κ3) is 6.92. The second kappa shape index (κ2) is 13.1. The van der Waals surface area contributed by atoms with Gasteiger partial charge in [-0.3, -0.25) is 14.5 Å². The minimum Gasteiger partial charge on any atom is -0.494 e. The van der Waals surface area contributed by atoms with Gasteiger partial charge in [0.25, 0.3) is 5.91 Å². The zero-order chi connectivity index (χ0) is 27.9. The van der Waals surface area contributed by atoms with Gasteiger partial charge in [-0.15, -0.1) is 0 Å². The highest BCUT2D eigenvalue weighted by Crippen LogP contribution is 2.31. The molecule has 0 atom stereocenters. The van der Waals surface area contributed by atoms with Gasteiger partial charge in [-0.05, 0) is 91.1 Å². The van der Waals surface area contributed by atoms with E-state index in [1.54, 1.807) is 0 Å². The second-order valence-corrected chi connectivity index (χ2v) is 11.2. The van der Waals surface area contributed by atoms with Gasteiger partial charge in [0, 0.05) is 38.2 Å². The van der Waals surface area contributed by atoms with E-state index in [9.17, 15) is 9.59 Å². The molecule has 0 radical (unpaired) electrons. The summed E-state index contributed by atoms with van der Waals surface area (Å²) in [5, 5.41) is 11.0. The molecule has 2 aliphatic heterocycles. The zero-order valence-corrected chi connectivity index (χ0v) is 23.3. The summed E-state index contributed by atoms with van der Waals surface area (Å²) in [5.41, 5.74) is 4.31. The van der Waals surface area contributed by atoms with Crippen molar-refractivity contribution in [2.75, 3.05) is 39.3 Å². The van der Waals surface area contributed by atoms with Gasteiger partial charge in [0.05, 0.1) is 6.61 Å². The van der Waals surface area contributed by atoms with E-state index in [2.05, 4.69) is 35.7 Å². The predicted molar refractivity (Wildman–Crippen MR) is 159 cm³/mol. The topological polar surface area (TPSA) is 70.1 Å². The number of piperidine rings is 2. The Morgan fingerprint density at radius 1 is 0.950 bits per heavy atom. The molecule has 40 heavy (non-hydrogen) atoms. The minimum atomic E-state index is -0.815. The monoisotopic (exact) mass is 540 g/mol. The Morgan fingerprint density at radius 3 is 2.42 bits per heavy atom. The van der Waals surface area contributed by atoms with Gasteiger partial charge in [0.1, 0.15) is 5.75 Å². The first-order valence-corrected chi connectivity index (χ1v) is 14.6. The van der Waals surface area contributed by atoms with Crippen LogP contribution in [0.3, 0.4) is 0 Å². The Labute approximate surface area is 237 Å². The van der Waals surface area contributed by atoms with Gasteiger partial charge in [0.15, 0.2) is 0 Å². The number of aryl methyl sites for hydroxylation is 1. The van der Waals surface area contributed by atoms with Crippen molar-refractivity contribution in [1.29, 1.82) is 0 Å². The Morgan fingerprint density at radius 2 is 1.70 bits per heavy atom. The van der Waals surface area contributed by atoms with Crippen molar-refractivity contribution in [2.45, 2.75) is 50.9 Å². The highest BCUT2D eigenvalue weighted by Gasteiger charge is 2.26. The van der Waals surface area contributed by atoms with Gasteiger partial charge >= 0.3 is 5.97 Å². The molecule has 0 saturated carbocycles. The van der Waals surface area contributed by atoms with E-state index in [1.165, 1.54) is 17.6 Å². The smallest absolute Gasteiger partial charge is 0.303 e. The summed E-state index contributed by atoms with van der Waals surface area (Å²) in [5.74, 6) is 0.584. The van der Waals surface area contributed by atoms with Gasteiger partial charge in [-0.25, -0.2) is 0 Å². The number of carboxylic acids is 1. The number of amides is 1. The van der Waals surface area contributed by atoms with E-state index >= 15 is 0 Å². The molecule has 5 rings (SSSR count). The van der Waals surface area contributed by atoms with Gasteiger partial charge in [-0.2, -0.15) is 0 Å². The van der Waals surface area contributed by atoms with Crippen molar-refractivity contribution >= 4 is 22.6 Å². The van der Waals surface area contributed by atoms with Crippen molar-refractivity contribution in [3.05, 3.63) is 89.5 Å². The first kappa shape index (κ1) is 27.9. The maximum atomic E-state index is 13.5. The summed E-state index contributed by atoms with van der Waals surface area (Å²) >= 11 is 0. The molecule has 2 saturated heterocycles. The third-order valence-electron chi connectivity index (χ3n) is 8.33. The number of carbonyl (C=O) groups excluding carboxylic acids is 1. The summed E-state index contributed by atoms with van der Waals surface area (Å²) < 4.78 is 6.00. The molecule has 0 aromatic heterocycles. The fraction of sp³-hybridized carbons (Fsp3) is 0.412. The number of hydrogen-bond donors (Lipinski definition) is 1. The number of likely N-dealkylation sites (tertiary alicyclic amines) is 2. The van der Waals surface area contributed by atoms with Crippen molar-refractivity contribution in [1.82, 2.24) is 9.80 Å². The summed E-state index contributed by atoms with van der Waals surface area (Å²) in [4.78, 5) is 29.0. The number of benzene rings is 3. The number of rotatable bonds is 10. The summed E-state index contributed by atoms with van der Waals surface area (Å²) in [6, 6.07) is 20.1. The average Bonchev–Trinajstić information content (AvgIpc) is 2.98. The Kier molecular flexibility index (Phi) is 9.17. The van der Waals surface area contributed by atoms with E-state index in [0.29, 0.717) is 17.9 Å². The maximum absolute atomic E-state index is 13.5. The highest BCUT2D eigenvalue weighted by atomic mass is 16.5. The predicted octanol–water partition coefficient (Wildman–Crippen LogP) is 6.30. The van der Waals surface area contributed by atoms with Crippen LogP contribution >= 0.6 is 0 Å². The van der Waals surface area contributed by atoms with E-state index in [-0.39, 0.29) is 12.3 Å². The Balaban J connectivity index is 1.12. The molecular weight excluding hydrogens is 500 g/mol. The lowest BCUT2D eigenvalue weighted by Crippen LogP contribution is -2.38. The molecular formula is C34H40N2O4. The van der Waals surface area contributed by atoms with Crippen molar-refractivity contribution < 1.29 is 19.4 Å². The maximum Gasteiger partial charge on any atom is 0.303 e. The standard InChI is InChI=1S/C34H40N2O4/c1-25-6-4-19-35(24-25)20-5-23-40-29-13-9-26(10-14-29)27-17-21-36(22-18-27)34(39)32-15-11-28(12-16-33(37)38)30-7-2-3-8-31(30)32/h2-3,7-11,13-15,27H,1,4-6,12,16-24H2,(H,37,38). The SMILES string of the molecule is C=C1CCCN(CCCOc2ccc(C3CCN(C(=O)c4ccc(CCC(=O)O)c5ccccc45)CC3)cc2)C1. The van der Waals surface area contributed by atoms with Gasteiger partial charge in [0.2, 0.25) is 0 Å². The molecule has 2 heterocycles. The van der Waals surface area contributed by atoms with Crippen LogP contribution in [0.25, 0.3) is 10.8 Å². The van der Waals surface area contributed by atoms with Crippen LogP contribution in [0.2, 0.25) is 0 Å². The van der Waals surface area contributed by atoms with Crippen molar-refractivity contribution in [3.8, 4) is 5.75 Å². The zero-order valence-electron chi connectivity index (χ0n) is 23.3. The van der Waals surface area contributed by atoms with Crippen LogP contribution < -0.4 is 4.74 Å². The molecule has 6 heteroatoms. The molecule has 0 unspecified atom stereocenters. The molecule has 2 aliphatic rings. The number of aliphatic carboxylic acids is 1. The van der Waals surface area contributed by atoms with E-state index < -0.39 is 5.97 Å². The number of ether oxygens (including phenoxy) is 1. The molecule has 0 spiro atoms. The first-order valence-electron chi connectivity index (χ1n) is 14.6. The molecule has 2 fully saturated rings. The summed E-state index contributed by atoms with van der Waals surface area (Å²) in [6.45, 7) is 9.54. The molecule has 3 aromatic carbocycles. The van der Waals surface area contributed by atoms with Crippen LogP contribution in [0.1, 0.15) is 65.9 Å². The quantitative estimate of drug-likeness (QED) is 0.242. The fourth-order valence-electron chi connectivity index (χ4n) is 6.13. The molecule has 1 amide bonds. The minimum absolute atomic E-state index is 0.0528. The molecule has 0 aliphatic carbocycles. The fourth-order valence-corrected chi connectivity index (χ4v) is 6.13. The lowest BCUT2D eigenvalue weighted by Gasteiger charge is -2.32.